The highest BCUT2D eigenvalue weighted by atomic mass is 19.4. The van der Waals surface area contributed by atoms with Crippen LogP contribution >= 0.6 is 0 Å². The zero-order valence-corrected chi connectivity index (χ0v) is 19.7. The fraction of sp³-hybridized carbons (Fsp3) is 0.520. The van der Waals surface area contributed by atoms with E-state index in [1.165, 1.54) is 17.2 Å². The second-order valence-electron chi connectivity index (χ2n) is 8.97. The van der Waals surface area contributed by atoms with Gasteiger partial charge in [0.05, 0.1) is 5.56 Å². The Labute approximate surface area is 197 Å². The number of halogens is 3. The van der Waals surface area contributed by atoms with E-state index in [4.69, 9.17) is 9.47 Å². The van der Waals surface area contributed by atoms with Crippen molar-refractivity contribution in [3.05, 3.63) is 58.4 Å². The van der Waals surface area contributed by atoms with Crippen LogP contribution in [-0.4, -0.2) is 60.3 Å². The molecule has 2 aliphatic heterocycles. The summed E-state index contributed by atoms with van der Waals surface area (Å²) in [6.07, 6.45) is -0.407. The maximum absolute atomic E-state index is 13.0. The Kier molecular flexibility index (Phi) is 7.14. The molecule has 0 radical (unpaired) electrons. The van der Waals surface area contributed by atoms with Gasteiger partial charge in [0.15, 0.2) is 6.79 Å². The van der Waals surface area contributed by atoms with Crippen molar-refractivity contribution in [3.63, 3.8) is 0 Å². The van der Waals surface area contributed by atoms with Crippen molar-refractivity contribution >= 4 is 5.91 Å². The summed E-state index contributed by atoms with van der Waals surface area (Å²) in [6, 6.07) is 6.68. The molecular formula is C25H30F3N3O3. The molecule has 34 heavy (non-hydrogen) atoms. The van der Waals surface area contributed by atoms with E-state index in [0.29, 0.717) is 13.1 Å². The smallest absolute Gasteiger partial charge is 0.433 e. The fourth-order valence-electron chi connectivity index (χ4n) is 5.10. The van der Waals surface area contributed by atoms with Crippen molar-refractivity contribution in [3.8, 4) is 5.75 Å². The third-order valence-electron chi connectivity index (χ3n) is 7.00. The quantitative estimate of drug-likeness (QED) is 0.582. The van der Waals surface area contributed by atoms with Crippen molar-refractivity contribution in [1.29, 1.82) is 0 Å². The third-order valence-corrected chi connectivity index (χ3v) is 7.00. The monoisotopic (exact) mass is 477 g/mol. The van der Waals surface area contributed by atoms with Crippen molar-refractivity contribution in [2.24, 2.45) is 0 Å². The summed E-state index contributed by atoms with van der Waals surface area (Å²) in [7, 11) is 1.59. The SMILES string of the molecule is COCOc1ccc([C@H]2CCC[C@H]3CN(C(=O)c4ccc(C(F)(F)F)nc4)CCN32)c(C)c1C. The van der Waals surface area contributed by atoms with Gasteiger partial charge >= 0.3 is 6.18 Å². The van der Waals surface area contributed by atoms with E-state index in [9.17, 15) is 18.0 Å². The molecule has 2 saturated heterocycles. The summed E-state index contributed by atoms with van der Waals surface area (Å²) in [5, 5.41) is 0. The Morgan fingerprint density at radius 1 is 1.12 bits per heavy atom. The molecule has 2 aromatic rings. The maximum atomic E-state index is 13.0. The van der Waals surface area contributed by atoms with E-state index in [-0.39, 0.29) is 30.3 Å². The number of alkyl halides is 3. The second-order valence-corrected chi connectivity index (χ2v) is 8.97. The molecule has 1 aromatic heterocycles. The molecule has 0 spiro atoms. The fourth-order valence-corrected chi connectivity index (χ4v) is 5.10. The molecule has 0 N–H and O–H groups in total. The number of rotatable bonds is 5. The van der Waals surface area contributed by atoms with Crippen molar-refractivity contribution in [2.45, 2.75) is 51.4 Å². The van der Waals surface area contributed by atoms with Crippen LogP contribution in [0.15, 0.2) is 30.5 Å². The predicted molar refractivity (Wildman–Crippen MR) is 121 cm³/mol. The molecule has 2 aliphatic rings. The van der Waals surface area contributed by atoms with Crippen molar-refractivity contribution < 1.29 is 27.4 Å². The number of carbonyl (C=O) groups is 1. The van der Waals surface area contributed by atoms with Gasteiger partial charge in [0.1, 0.15) is 11.4 Å². The number of methoxy groups -OCH3 is 1. The number of carbonyl (C=O) groups excluding carboxylic acids is 1. The zero-order valence-electron chi connectivity index (χ0n) is 19.7. The lowest BCUT2D eigenvalue weighted by atomic mass is 9.86. The van der Waals surface area contributed by atoms with E-state index in [2.05, 4.69) is 29.8 Å². The van der Waals surface area contributed by atoms with Crippen LogP contribution in [0, 0.1) is 13.8 Å². The first-order valence-corrected chi connectivity index (χ1v) is 11.5. The number of piperazine rings is 1. The molecule has 0 unspecified atom stereocenters. The van der Waals surface area contributed by atoms with Crippen LogP contribution in [0.3, 0.4) is 0 Å². The third kappa shape index (κ3) is 4.90. The molecular weight excluding hydrogens is 447 g/mol. The number of pyridine rings is 1. The van der Waals surface area contributed by atoms with E-state index in [1.807, 2.05) is 6.07 Å². The van der Waals surface area contributed by atoms with Gasteiger partial charge in [-0.3, -0.25) is 14.7 Å². The van der Waals surface area contributed by atoms with Gasteiger partial charge in [0.2, 0.25) is 0 Å². The molecule has 2 atom stereocenters. The Bertz CT molecular complexity index is 1030. The Morgan fingerprint density at radius 2 is 1.91 bits per heavy atom. The van der Waals surface area contributed by atoms with E-state index >= 15 is 0 Å². The minimum Gasteiger partial charge on any atom is -0.467 e. The number of ether oxygens (including phenoxy) is 2. The van der Waals surface area contributed by atoms with Gasteiger partial charge in [-0.25, -0.2) is 0 Å². The van der Waals surface area contributed by atoms with Crippen LogP contribution < -0.4 is 4.74 Å². The van der Waals surface area contributed by atoms with Crippen LogP contribution in [0.4, 0.5) is 13.2 Å². The first-order valence-electron chi connectivity index (χ1n) is 11.5. The van der Waals surface area contributed by atoms with Crippen LogP contribution in [0.1, 0.15) is 58.0 Å². The lowest BCUT2D eigenvalue weighted by Crippen LogP contribution is -2.57. The van der Waals surface area contributed by atoms with Gasteiger partial charge in [0.25, 0.3) is 5.91 Å². The van der Waals surface area contributed by atoms with Gasteiger partial charge in [0, 0.05) is 45.0 Å². The van der Waals surface area contributed by atoms with E-state index in [0.717, 1.165) is 49.4 Å². The molecule has 3 heterocycles. The Balaban J connectivity index is 1.47. The van der Waals surface area contributed by atoms with Gasteiger partial charge in [-0.1, -0.05) is 6.07 Å². The van der Waals surface area contributed by atoms with Gasteiger partial charge < -0.3 is 14.4 Å². The van der Waals surface area contributed by atoms with Crippen LogP contribution in [-0.2, 0) is 10.9 Å². The highest BCUT2D eigenvalue weighted by molar-refractivity contribution is 5.94. The van der Waals surface area contributed by atoms with Crippen LogP contribution in [0.2, 0.25) is 0 Å². The summed E-state index contributed by atoms with van der Waals surface area (Å²) in [6.45, 7) is 6.18. The highest BCUT2D eigenvalue weighted by Gasteiger charge is 2.38. The molecule has 9 heteroatoms. The molecule has 184 valence electrons. The number of hydrogen-bond donors (Lipinski definition) is 0. The standard InChI is InChI=1S/C25H30F3N3O3/c1-16-17(2)22(34-15-33-3)9-8-20(16)21-6-4-5-19-14-30(11-12-31(19)21)24(32)18-7-10-23(29-13-18)25(26,27)28/h7-10,13,19,21H,4-6,11-12,14-15H2,1-3H3/t19-,21+/m0/s1. The maximum Gasteiger partial charge on any atom is 0.433 e. The number of piperidine rings is 1. The molecule has 4 rings (SSSR count). The number of amides is 1. The Morgan fingerprint density at radius 3 is 2.59 bits per heavy atom. The van der Waals surface area contributed by atoms with Gasteiger partial charge in [-0.15, -0.1) is 0 Å². The number of nitrogens with zero attached hydrogens (tertiary/aromatic N) is 3. The largest absolute Gasteiger partial charge is 0.467 e. The minimum absolute atomic E-state index is 0.187. The van der Waals surface area contributed by atoms with Crippen molar-refractivity contribution in [2.75, 3.05) is 33.5 Å². The Hall–Kier alpha value is -2.65. The minimum atomic E-state index is -4.52. The molecule has 0 aliphatic carbocycles. The topological polar surface area (TPSA) is 54.9 Å². The molecule has 1 aromatic carbocycles. The molecule has 0 saturated carbocycles. The molecule has 6 nitrogen and oxygen atoms in total. The van der Waals surface area contributed by atoms with E-state index in [1.54, 1.807) is 12.0 Å². The average Bonchev–Trinajstić information content (AvgIpc) is 2.83. The summed E-state index contributed by atoms with van der Waals surface area (Å²) >= 11 is 0. The summed E-state index contributed by atoms with van der Waals surface area (Å²) in [4.78, 5) is 20.6. The van der Waals surface area contributed by atoms with Gasteiger partial charge in [-0.05, 0) is 68.0 Å². The average molecular weight is 478 g/mol. The first kappa shape index (κ1) is 24.5. The second kappa shape index (κ2) is 9.92. The number of aromatic nitrogens is 1. The first-order chi connectivity index (χ1) is 16.2. The van der Waals surface area contributed by atoms with Crippen LogP contribution in [0.25, 0.3) is 0 Å². The van der Waals surface area contributed by atoms with Gasteiger partial charge in [-0.2, -0.15) is 13.2 Å². The predicted octanol–water partition coefficient (Wildman–Crippen LogP) is 4.75. The lowest BCUT2D eigenvalue weighted by molar-refractivity contribution is -0.141. The molecule has 2 fully saturated rings. The van der Waals surface area contributed by atoms with Crippen LogP contribution in [0.5, 0.6) is 5.75 Å². The number of fused-ring (bicyclic) bond motifs is 1. The summed E-state index contributed by atoms with van der Waals surface area (Å²) in [5.41, 5.74) is 2.77. The van der Waals surface area contributed by atoms with Crippen molar-refractivity contribution in [1.82, 2.24) is 14.8 Å². The summed E-state index contributed by atoms with van der Waals surface area (Å²) in [5.74, 6) is 0.547. The van der Waals surface area contributed by atoms with E-state index < -0.39 is 11.9 Å². The molecule has 0 bridgehead atoms. The zero-order chi connectivity index (χ0) is 24.5. The normalized spacial score (nSPS) is 21.3. The number of hydrogen-bond acceptors (Lipinski definition) is 5. The highest BCUT2D eigenvalue weighted by Crippen LogP contribution is 2.39. The molecule has 1 amide bonds. The lowest BCUT2D eigenvalue weighted by Gasteiger charge is -2.48. The number of benzene rings is 1. The summed E-state index contributed by atoms with van der Waals surface area (Å²) < 4.78 is 49.1.